The molecule has 3 heterocycles. The Kier molecular flexibility index (Phi) is 3.24. The summed E-state index contributed by atoms with van der Waals surface area (Å²) in [4.78, 5) is 25.3. The number of aromatic hydroxyl groups is 1. The van der Waals surface area contributed by atoms with E-state index in [4.69, 9.17) is 4.42 Å². The Bertz CT molecular complexity index is 1360. The van der Waals surface area contributed by atoms with Crippen molar-refractivity contribution in [3.05, 3.63) is 65.8 Å². The number of phenolic OH excluding ortho intramolecular Hbond substituents is 1. The predicted molar refractivity (Wildman–Crippen MR) is 101 cm³/mol. The summed E-state index contributed by atoms with van der Waals surface area (Å²) in [5.41, 5.74) is 2.34. The van der Waals surface area contributed by atoms with Gasteiger partial charge in [0.2, 0.25) is 0 Å². The lowest BCUT2D eigenvalue weighted by Crippen LogP contribution is -2.22. The fourth-order valence-electron chi connectivity index (χ4n) is 3.74. The van der Waals surface area contributed by atoms with E-state index < -0.39 is 17.6 Å². The molecule has 2 aromatic heterocycles. The summed E-state index contributed by atoms with van der Waals surface area (Å²) in [6.45, 7) is 0. The number of carbonyl (C=O) groups is 2. The number of aromatic nitrogens is 1. The molecule has 0 spiro atoms. The summed E-state index contributed by atoms with van der Waals surface area (Å²) < 4.78 is 21.1. The Morgan fingerprint density at radius 1 is 1.00 bits per heavy atom. The normalized spacial score (nSPS) is 14.5. The van der Waals surface area contributed by atoms with E-state index in [0.29, 0.717) is 27.5 Å². The molecule has 28 heavy (non-hydrogen) atoms. The number of phenols is 1. The minimum Gasteiger partial charge on any atom is -0.508 e. The van der Waals surface area contributed by atoms with Crippen LogP contribution >= 0.6 is 0 Å². The zero-order valence-corrected chi connectivity index (χ0v) is 14.6. The number of aryl methyl sites for hydroxylation is 1. The topological polar surface area (TPSA) is 84.5 Å². The summed E-state index contributed by atoms with van der Waals surface area (Å²) >= 11 is 0. The molecular formula is C21H13FN2O4. The molecule has 0 saturated carbocycles. The molecule has 1 aliphatic heterocycles. The maximum absolute atomic E-state index is 13.9. The van der Waals surface area contributed by atoms with E-state index in [1.165, 1.54) is 30.5 Å². The van der Waals surface area contributed by atoms with Gasteiger partial charge < -0.3 is 14.1 Å². The largest absolute Gasteiger partial charge is 0.508 e. The van der Waals surface area contributed by atoms with Crippen LogP contribution in [0.5, 0.6) is 5.75 Å². The summed E-state index contributed by atoms with van der Waals surface area (Å²) in [6.07, 6.45) is 3.08. The molecule has 1 aliphatic rings. The van der Waals surface area contributed by atoms with E-state index in [1.54, 1.807) is 29.9 Å². The lowest BCUT2D eigenvalue weighted by Gasteiger charge is -2.02. The van der Waals surface area contributed by atoms with Gasteiger partial charge in [0.25, 0.3) is 11.8 Å². The van der Waals surface area contributed by atoms with Crippen molar-refractivity contribution in [1.82, 2.24) is 9.88 Å². The van der Waals surface area contributed by atoms with Gasteiger partial charge in [0.15, 0.2) is 0 Å². The van der Waals surface area contributed by atoms with Crippen LogP contribution in [0.25, 0.3) is 33.0 Å². The maximum atomic E-state index is 13.9. The molecule has 4 aromatic rings. The number of carbonyl (C=O) groups excluding carboxylic acids is 2. The van der Waals surface area contributed by atoms with Gasteiger partial charge in [-0.2, -0.15) is 0 Å². The molecule has 5 rings (SSSR count). The van der Waals surface area contributed by atoms with Gasteiger partial charge in [-0.3, -0.25) is 14.9 Å². The third-order valence-corrected chi connectivity index (χ3v) is 4.98. The Hall–Kier alpha value is -3.87. The fraction of sp³-hybridized carbons (Fsp3) is 0.0476. The average Bonchev–Trinajstić information content (AvgIpc) is 3.28. The standard InChI is InChI=1S/C21H13FN2O4/c1-24-8-14(13-6-10(22)2-5-16(13)24)18-19(21(27)23-20(18)26)15-9-28-17-7-11(25)3-4-12(15)17/h2-9,25H,1H3,(H,23,26,27). The van der Waals surface area contributed by atoms with Crippen molar-refractivity contribution in [3.63, 3.8) is 0 Å². The predicted octanol–water partition coefficient (Wildman–Crippen LogP) is 3.34. The quantitative estimate of drug-likeness (QED) is 0.526. The van der Waals surface area contributed by atoms with Gasteiger partial charge >= 0.3 is 0 Å². The lowest BCUT2D eigenvalue weighted by molar-refractivity contribution is -0.122. The summed E-state index contributed by atoms with van der Waals surface area (Å²) in [7, 11) is 1.79. The second-order valence-corrected chi connectivity index (χ2v) is 6.68. The lowest BCUT2D eigenvalue weighted by atomic mass is 9.95. The average molecular weight is 376 g/mol. The van der Waals surface area contributed by atoms with Crippen LogP contribution in [0.2, 0.25) is 0 Å². The second-order valence-electron chi connectivity index (χ2n) is 6.68. The molecule has 0 atom stereocenters. The molecule has 2 amide bonds. The molecule has 138 valence electrons. The third-order valence-electron chi connectivity index (χ3n) is 4.98. The number of fused-ring (bicyclic) bond motifs is 2. The Morgan fingerprint density at radius 3 is 2.54 bits per heavy atom. The molecule has 0 unspecified atom stereocenters. The van der Waals surface area contributed by atoms with Crippen LogP contribution in [0, 0.1) is 5.82 Å². The Labute approximate surface area is 157 Å². The number of halogens is 1. The molecular weight excluding hydrogens is 363 g/mol. The van der Waals surface area contributed by atoms with Crippen molar-refractivity contribution in [2.75, 3.05) is 0 Å². The Balaban J connectivity index is 1.85. The van der Waals surface area contributed by atoms with Crippen LogP contribution < -0.4 is 5.32 Å². The van der Waals surface area contributed by atoms with Crippen molar-refractivity contribution in [2.24, 2.45) is 7.05 Å². The van der Waals surface area contributed by atoms with Gasteiger partial charge in [0.05, 0.1) is 17.4 Å². The highest BCUT2D eigenvalue weighted by atomic mass is 19.1. The summed E-state index contributed by atoms with van der Waals surface area (Å²) in [5.74, 6) is -1.51. The molecule has 0 bridgehead atoms. The highest BCUT2D eigenvalue weighted by molar-refractivity contribution is 6.50. The van der Waals surface area contributed by atoms with Crippen LogP contribution in [-0.2, 0) is 16.6 Å². The number of benzene rings is 2. The number of nitrogens with zero attached hydrogens (tertiary/aromatic N) is 1. The number of hydrogen-bond donors (Lipinski definition) is 2. The van der Waals surface area contributed by atoms with E-state index in [2.05, 4.69) is 5.32 Å². The number of rotatable bonds is 2. The van der Waals surface area contributed by atoms with Crippen molar-refractivity contribution < 1.29 is 23.5 Å². The van der Waals surface area contributed by atoms with Crippen molar-refractivity contribution in [1.29, 1.82) is 0 Å². The molecule has 0 fully saturated rings. The highest BCUT2D eigenvalue weighted by Gasteiger charge is 2.35. The van der Waals surface area contributed by atoms with Gasteiger partial charge in [-0.15, -0.1) is 0 Å². The molecule has 7 heteroatoms. The minimum atomic E-state index is -0.552. The number of nitrogens with one attached hydrogen (secondary N) is 1. The van der Waals surface area contributed by atoms with E-state index in [9.17, 15) is 19.1 Å². The first-order valence-electron chi connectivity index (χ1n) is 8.49. The highest BCUT2D eigenvalue weighted by Crippen LogP contribution is 2.39. The SMILES string of the molecule is Cn1cc(C2=C(c3coc4cc(O)ccc34)C(=O)NC2=O)c2cc(F)ccc21. The van der Waals surface area contributed by atoms with Crippen molar-refractivity contribution in [2.45, 2.75) is 0 Å². The number of furan rings is 1. The number of amides is 2. The smallest absolute Gasteiger partial charge is 0.259 e. The molecule has 0 saturated heterocycles. The van der Waals surface area contributed by atoms with Crippen LogP contribution in [0.1, 0.15) is 11.1 Å². The van der Waals surface area contributed by atoms with E-state index in [0.717, 1.165) is 5.52 Å². The van der Waals surface area contributed by atoms with E-state index in [1.807, 2.05) is 0 Å². The molecule has 2 aromatic carbocycles. The van der Waals surface area contributed by atoms with Crippen LogP contribution in [-0.4, -0.2) is 21.5 Å². The number of imide groups is 1. The van der Waals surface area contributed by atoms with E-state index >= 15 is 0 Å². The van der Waals surface area contributed by atoms with Gasteiger partial charge in [0, 0.05) is 46.7 Å². The Morgan fingerprint density at radius 2 is 1.75 bits per heavy atom. The third kappa shape index (κ3) is 2.19. The first kappa shape index (κ1) is 16.3. The zero-order valence-electron chi connectivity index (χ0n) is 14.6. The van der Waals surface area contributed by atoms with Gasteiger partial charge in [-0.05, 0) is 30.3 Å². The van der Waals surface area contributed by atoms with Crippen LogP contribution in [0.15, 0.2) is 53.3 Å². The molecule has 0 radical (unpaired) electrons. The second kappa shape index (κ2) is 5.56. The zero-order chi connectivity index (χ0) is 19.6. The minimum absolute atomic E-state index is 0.0269. The summed E-state index contributed by atoms with van der Waals surface area (Å²) in [5, 5.41) is 13.1. The van der Waals surface area contributed by atoms with E-state index in [-0.39, 0.29) is 16.9 Å². The fourth-order valence-corrected chi connectivity index (χ4v) is 3.74. The molecule has 2 N–H and O–H groups in total. The maximum Gasteiger partial charge on any atom is 0.259 e. The van der Waals surface area contributed by atoms with Crippen LogP contribution in [0.4, 0.5) is 4.39 Å². The van der Waals surface area contributed by atoms with Gasteiger partial charge in [0.1, 0.15) is 17.1 Å². The summed E-state index contributed by atoms with van der Waals surface area (Å²) in [6, 6.07) is 8.84. The van der Waals surface area contributed by atoms with Crippen molar-refractivity contribution in [3.8, 4) is 5.75 Å². The monoisotopic (exact) mass is 376 g/mol. The number of hydrogen-bond acceptors (Lipinski definition) is 4. The molecule has 6 nitrogen and oxygen atoms in total. The van der Waals surface area contributed by atoms with Crippen molar-refractivity contribution >= 4 is 44.8 Å². The van der Waals surface area contributed by atoms with Gasteiger partial charge in [-0.25, -0.2) is 4.39 Å². The van der Waals surface area contributed by atoms with Crippen LogP contribution in [0.3, 0.4) is 0 Å². The molecule has 0 aliphatic carbocycles. The van der Waals surface area contributed by atoms with Gasteiger partial charge in [-0.1, -0.05) is 0 Å². The first-order valence-corrected chi connectivity index (χ1v) is 8.49. The first-order chi connectivity index (χ1) is 13.4.